The number of aromatic nitrogens is 2. The molecule has 2 N–H and O–H groups in total. The number of carbonyl (C=O) groups is 1. The van der Waals surface area contributed by atoms with E-state index in [9.17, 15) is 4.79 Å². The number of nitrogens with zero attached hydrogens (tertiary/aromatic N) is 3. The molecule has 1 aromatic heterocycles. The van der Waals surface area contributed by atoms with E-state index >= 15 is 0 Å². The molecule has 90 valence electrons. The molecule has 0 saturated carbocycles. The maximum atomic E-state index is 11.3. The number of rotatable bonds is 4. The topological polar surface area (TPSA) is 73.4 Å². The van der Waals surface area contributed by atoms with Gasteiger partial charge in [-0.15, -0.1) is 0 Å². The first-order valence-corrected chi connectivity index (χ1v) is 5.02. The zero-order valence-corrected chi connectivity index (χ0v) is 10.1. The first-order valence-electron chi connectivity index (χ1n) is 5.02. The number of anilines is 1. The molecule has 1 heterocycles. The Bertz CT molecular complexity index is 373. The molecule has 0 saturated heterocycles. The molecule has 0 fully saturated rings. The van der Waals surface area contributed by atoms with E-state index in [-0.39, 0.29) is 5.69 Å². The Balaban J connectivity index is 2.84. The lowest BCUT2D eigenvalue weighted by Gasteiger charge is -2.20. The molecule has 0 radical (unpaired) electrons. The first-order chi connectivity index (χ1) is 7.47. The summed E-state index contributed by atoms with van der Waals surface area (Å²) in [6, 6.07) is 0.307. The lowest BCUT2D eigenvalue weighted by molar-refractivity contribution is 0.0596. The molecular weight excluding hydrogens is 208 g/mol. The van der Waals surface area contributed by atoms with Crippen LogP contribution in [-0.4, -0.2) is 47.7 Å². The SMILES string of the molecule is COC(=O)c1ncn(CC(C)N(C)C)c1N. The normalized spacial score (nSPS) is 12.8. The summed E-state index contributed by atoms with van der Waals surface area (Å²) in [4.78, 5) is 17.3. The van der Waals surface area contributed by atoms with Gasteiger partial charge in [0.2, 0.25) is 0 Å². The van der Waals surface area contributed by atoms with Gasteiger partial charge in [0, 0.05) is 12.6 Å². The van der Waals surface area contributed by atoms with Crippen LogP contribution in [0.2, 0.25) is 0 Å². The standard InChI is InChI=1S/C10H18N4O2/c1-7(13(2)3)5-14-6-12-8(9(14)11)10(15)16-4/h6-7H,5,11H2,1-4H3. The monoisotopic (exact) mass is 226 g/mol. The second-order valence-corrected chi connectivity index (χ2v) is 3.93. The van der Waals surface area contributed by atoms with E-state index < -0.39 is 5.97 Å². The van der Waals surface area contributed by atoms with Crippen LogP contribution < -0.4 is 5.73 Å². The third-order valence-corrected chi connectivity index (χ3v) is 2.60. The Morgan fingerprint density at radius 3 is 2.81 bits per heavy atom. The van der Waals surface area contributed by atoms with E-state index in [2.05, 4.69) is 21.5 Å². The fourth-order valence-corrected chi connectivity index (χ4v) is 1.24. The van der Waals surface area contributed by atoms with Gasteiger partial charge in [0.15, 0.2) is 5.69 Å². The van der Waals surface area contributed by atoms with Crippen molar-refractivity contribution in [1.82, 2.24) is 14.5 Å². The summed E-state index contributed by atoms with van der Waals surface area (Å²) in [5.41, 5.74) is 5.98. The number of imidazole rings is 1. The summed E-state index contributed by atoms with van der Waals surface area (Å²) in [7, 11) is 5.28. The molecule has 0 aliphatic rings. The van der Waals surface area contributed by atoms with Crippen molar-refractivity contribution in [1.29, 1.82) is 0 Å². The van der Waals surface area contributed by atoms with Crippen molar-refractivity contribution in [3.8, 4) is 0 Å². The average molecular weight is 226 g/mol. The minimum atomic E-state index is -0.506. The van der Waals surface area contributed by atoms with Gasteiger partial charge in [-0.25, -0.2) is 9.78 Å². The van der Waals surface area contributed by atoms with Crippen LogP contribution in [0.25, 0.3) is 0 Å². The lowest BCUT2D eigenvalue weighted by atomic mass is 10.3. The molecule has 0 bridgehead atoms. The largest absolute Gasteiger partial charge is 0.464 e. The minimum Gasteiger partial charge on any atom is -0.464 e. The number of hydrogen-bond donors (Lipinski definition) is 1. The number of nitrogen functional groups attached to an aromatic ring is 1. The van der Waals surface area contributed by atoms with E-state index in [1.807, 2.05) is 14.1 Å². The lowest BCUT2D eigenvalue weighted by Crippen LogP contribution is -2.29. The Morgan fingerprint density at radius 1 is 1.69 bits per heavy atom. The molecule has 1 unspecified atom stereocenters. The zero-order chi connectivity index (χ0) is 12.3. The second kappa shape index (κ2) is 4.98. The predicted octanol–water partition coefficient (Wildman–Crippen LogP) is 0.202. The van der Waals surface area contributed by atoms with E-state index in [0.717, 1.165) is 0 Å². The van der Waals surface area contributed by atoms with Crippen molar-refractivity contribution in [2.24, 2.45) is 0 Å². The van der Waals surface area contributed by atoms with E-state index in [1.165, 1.54) is 7.11 Å². The molecule has 0 amide bonds. The Hall–Kier alpha value is -1.56. The van der Waals surface area contributed by atoms with Crippen LogP contribution in [0.15, 0.2) is 6.33 Å². The van der Waals surface area contributed by atoms with Crippen LogP contribution >= 0.6 is 0 Å². The van der Waals surface area contributed by atoms with Gasteiger partial charge in [-0.1, -0.05) is 0 Å². The van der Waals surface area contributed by atoms with Gasteiger partial charge in [0.1, 0.15) is 5.82 Å². The smallest absolute Gasteiger partial charge is 0.360 e. The summed E-state index contributed by atoms with van der Waals surface area (Å²) in [6.45, 7) is 2.75. The van der Waals surface area contributed by atoms with Crippen molar-refractivity contribution in [3.05, 3.63) is 12.0 Å². The molecular formula is C10H18N4O2. The van der Waals surface area contributed by atoms with Crippen LogP contribution in [0.1, 0.15) is 17.4 Å². The van der Waals surface area contributed by atoms with Crippen molar-refractivity contribution >= 4 is 11.8 Å². The highest BCUT2D eigenvalue weighted by atomic mass is 16.5. The molecule has 0 aliphatic heterocycles. The van der Waals surface area contributed by atoms with Gasteiger partial charge in [0.25, 0.3) is 0 Å². The van der Waals surface area contributed by atoms with Gasteiger partial charge in [0.05, 0.1) is 13.4 Å². The van der Waals surface area contributed by atoms with Crippen molar-refractivity contribution in [2.75, 3.05) is 26.9 Å². The highest BCUT2D eigenvalue weighted by molar-refractivity contribution is 5.91. The van der Waals surface area contributed by atoms with Crippen molar-refractivity contribution in [3.63, 3.8) is 0 Å². The summed E-state index contributed by atoms with van der Waals surface area (Å²) >= 11 is 0. The van der Waals surface area contributed by atoms with Crippen LogP contribution in [0.3, 0.4) is 0 Å². The van der Waals surface area contributed by atoms with Gasteiger partial charge >= 0.3 is 5.97 Å². The quantitative estimate of drug-likeness (QED) is 0.742. The fraction of sp³-hybridized carbons (Fsp3) is 0.600. The van der Waals surface area contributed by atoms with Gasteiger partial charge in [-0.2, -0.15) is 0 Å². The third kappa shape index (κ3) is 2.52. The molecule has 0 aromatic carbocycles. The fourth-order valence-electron chi connectivity index (χ4n) is 1.24. The van der Waals surface area contributed by atoms with E-state index in [0.29, 0.717) is 18.4 Å². The number of esters is 1. The molecule has 0 spiro atoms. The van der Waals surface area contributed by atoms with Crippen LogP contribution in [0.5, 0.6) is 0 Å². The third-order valence-electron chi connectivity index (χ3n) is 2.60. The summed E-state index contributed by atoms with van der Waals surface area (Å²) in [6.07, 6.45) is 1.56. The first kappa shape index (κ1) is 12.5. The van der Waals surface area contributed by atoms with E-state index in [1.54, 1.807) is 10.9 Å². The Kier molecular flexibility index (Phi) is 3.89. The van der Waals surface area contributed by atoms with E-state index in [4.69, 9.17) is 5.73 Å². The molecule has 6 heteroatoms. The Morgan fingerprint density at radius 2 is 2.31 bits per heavy atom. The summed E-state index contributed by atoms with van der Waals surface area (Å²) in [5, 5.41) is 0. The highest BCUT2D eigenvalue weighted by Crippen LogP contribution is 2.12. The zero-order valence-electron chi connectivity index (χ0n) is 10.1. The maximum absolute atomic E-state index is 11.3. The van der Waals surface area contributed by atoms with Gasteiger partial charge < -0.3 is 19.9 Å². The summed E-state index contributed by atoms with van der Waals surface area (Å²) < 4.78 is 6.32. The van der Waals surface area contributed by atoms with Gasteiger partial charge in [-0.3, -0.25) is 0 Å². The average Bonchev–Trinajstić information content (AvgIpc) is 2.59. The number of hydrogen-bond acceptors (Lipinski definition) is 5. The maximum Gasteiger partial charge on any atom is 0.360 e. The van der Waals surface area contributed by atoms with Crippen molar-refractivity contribution in [2.45, 2.75) is 19.5 Å². The molecule has 1 aromatic rings. The van der Waals surface area contributed by atoms with Gasteiger partial charge in [-0.05, 0) is 21.0 Å². The van der Waals surface area contributed by atoms with Crippen molar-refractivity contribution < 1.29 is 9.53 Å². The number of methoxy groups -OCH3 is 1. The molecule has 16 heavy (non-hydrogen) atoms. The number of carbonyl (C=O) groups excluding carboxylic acids is 1. The molecule has 1 atom stereocenters. The Labute approximate surface area is 95.0 Å². The molecule has 1 rings (SSSR count). The highest BCUT2D eigenvalue weighted by Gasteiger charge is 2.17. The minimum absolute atomic E-state index is 0.174. The van der Waals surface area contributed by atoms with Crippen LogP contribution in [0, 0.1) is 0 Å². The van der Waals surface area contributed by atoms with Crippen LogP contribution in [0.4, 0.5) is 5.82 Å². The summed E-state index contributed by atoms with van der Waals surface area (Å²) in [5.74, 6) is -0.158. The number of likely N-dealkylation sites (N-methyl/N-ethyl adjacent to an activating group) is 1. The molecule has 6 nitrogen and oxygen atoms in total. The second-order valence-electron chi connectivity index (χ2n) is 3.93. The predicted molar refractivity (Wildman–Crippen MR) is 61.1 cm³/mol. The van der Waals surface area contributed by atoms with Crippen LogP contribution in [-0.2, 0) is 11.3 Å². The molecule has 0 aliphatic carbocycles. The number of ether oxygens (including phenoxy) is 1. The number of nitrogens with two attached hydrogens (primary N) is 1.